The first-order valence-electron chi connectivity index (χ1n) is 3.63. The summed E-state index contributed by atoms with van der Waals surface area (Å²) in [6.07, 6.45) is 1.32. The molecule has 0 radical (unpaired) electrons. The van der Waals surface area contributed by atoms with Gasteiger partial charge >= 0.3 is 0 Å². The van der Waals surface area contributed by atoms with Crippen LogP contribution >= 0.6 is 11.6 Å². The monoisotopic (exact) mass is 197 g/mol. The molecule has 0 amide bonds. The van der Waals surface area contributed by atoms with Gasteiger partial charge in [0.15, 0.2) is 0 Å². The van der Waals surface area contributed by atoms with Crippen LogP contribution in [0.15, 0.2) is 34.9 Å². The Morgan fingerprint density at radius 3 is 2.69 bits per heavy atom. The van der Waals surface area contributed by atoms with Gasteiger partial charge in [-0.15, -0.1) is 0 Å². The quantitative estimate of drug-likeness (QED) is 0.702. The van der Waals surface area contributed by atoms with E-state index in [0.717, 1.165) is 0 Å². The summed E-state index contributed by atoms with van der Waals surface area (Å²) in [5, 5.41) is 0.0123. The second kappa shape index (κ2) is 3.18. The molecule has 0 spiro atoms. The molecule has 1 aromatic carbocycles. The van der Waals surface area contributed by atoms with Crippen LogP contribution in [0, 0.1) is 5.82 Å². The van der Waals surface area contributed by atoms with Gasteiger partial charge in [0.1, 0.15) is 17.8 Å². The second-order valence-corrected chi connectivity index (χ2v) is 2.79. The van der Waals surface area contributed by atoms with Crippen LogP contribution in [0.4, 0.5) is 4.39 Å². The maximum absolute atomic E-state index is 13.2. The summed E-state index contributed by atoms with van der Waals surface area (Å²) in [4.78, 5) is 3.80. The standard InChI is InChI=1S/C9H5ClFNO/c10-9-12-8(5-13-9)6-3-1-2-4-7(6)11/h1-5H. The van der Waals surface area contributed by atoms with Gasteiger partial charge in [-0.05, 0) is 23.7 Å². The molecule has 0 aliphatic carbocycles. The van der Waals surface area contributed by atoms with Gasteiger partial charge < -0.3 is 4.42 Å². The van der Waals surface area contributed by atoms with Gasteiger partial charge in [0.05, 0.1) is 0 Å². The number of hydrogen-bond donors (Lipinski definition) is 0. The molecule has 0 aliphatic heterocycles. The Kier molecular flexibility index (Phi) is 2.02. The molecule has 1 heterocycles. The highest BCUT2D eigenvalue weighted by Gasteiger charge is 2.08. The Labute approximate surface area is 79.0 Å². The van der Waals surface area contributed by atoms with E-state index in [1.165, 1.54) is 12.3 Å². The molecule has 0 unspecified atom stereocenters. The highest BCUT2D eigenvalue weighted by atomic mass is 35.5. The lowest BCUT2D eigenvalue weighted by Crippen LogP contribution is -1.82. The maximum Gasteiger partial charge on any atom is 0.292 e. The van der Waals surface area contributed by atoms with Gasteiger partial charge in [-0.25, -0.2) is 4.39 Å². The van der Waals surface area contributed by atoms with Gasteiger partial charge in [0, 0.05) is 5.56 Å². The fourth-order valence-electron chi connectivity index (χ4n) is 1.04. The van der Waals surface area contributed by atoms with Crippen molar-refractivity contribution >= 4 is 11.6 Å². The van der Waals surface area contributed by atoms with Gasteiger partial charge in [0.25, 0.3) is 5.35 Å². The molecule has 0 saturated carbocycles. The minimum absolute atomic E-state index is 0.0123. The van der Waals surface area contributed by atoms with Crippen LogP contribution in [0.3, 0.4) is 0 Å². The van der Waals surface area contributed by atoms with Crippen LogP contribution in [0.25, 0.3) is 11.3 Å². The van der Waals surface area contributed by atoms with E-state index in [9.17, 15) is 4.39 Å². The Morgan fingerprint density at radius 1 is 1.31 bits per heavy atom. The van der Waals surface area contributed by atoms with Crippen LogP contribution in [0.2, 0.25) is 5.35 Å². The molecule has 2 aromatic rings. The number of hydrogen-bond acceptors (Lipinski definition) is 2. The largest absolute Gasteiger partial charge is 0.436 e. The first kappa shape index (κ1) is 8.26. The van der Waals surface area contributed by atoms with Crippen molar-refractivity contribution in [2.75, 3.05) is 0 Å². The molecule has 2 rings (SSSR count). The van der Waals surface area contributed by atoms with E-state index in [-0.39, 0.29) is 11.2 Å². The van der Waals surface area contributed by atoms with E-state index in [4.69, 9.17) is 16.0 Å². The molecule has 2 nitrogen and oxygen atoms in total. The van der Waals surface area contributed by atoms with E-state index in [1.807, 2.05) is 0 Å². The second-order valence-electron chi connectivity index (χ2n) is 2.47. The van der Waals surface area contributed by atoms with Crippen molar-refractivity contribution in [3.05, 3.63) is 41.7 Å². The highest BCUT2D eigenvalue weighted by Crippen LogP contribution is 2.22. The third-order valence-corrected chi connectivity index (χ3v) is 1.80. The number of oxazole rings is 1. The number of benzene rings is 1. The molecule has 13 heavy (non-hydrogen) atoms. The molecule has 0 saturated heterocycles. The molecule has 1 aromatic heterocycles. The van der Waals surface area contributed by atoms with Gasteiger partial charge in [-0.2, -0.15) is 4.98 Å². The van der Waals surface area contributed by atoms with Crippen molar-refractivity contribution in [3.63, 3.8) is 0 Å². The van der Waals surface area contributed by atoms with E-state index in [2.05, 4.69) is 4.98 Å². The van der Waals surface area contributed by atoms with Gasteiger partial charge in [-0.3, -0.25) is 0 Å². The van der Waals surface area contributed by atoms with Crippen molar-refractivity contribution in [1.29, 1.82) is 0 Å². The Hall–Kier alpha value is -1.35. The topological polar surface area (TPSA) is 26.0 Å². The SMILES string of the molecule is Fc1ccccc1-c1coc(Cl)n1. The lowest BCUT2D eigenvalue weighted by atomic mass is 10.2. The third-order valence-electron chi connectivity index (χ3n) is 1.63. The molecule has 0 aliphatic rings. The van der Waals surface area contributed by atoms with Crippen molar-refractivity contribution in [2.45, 2.75) is 0 Å². The number of halogens is 2. The summed E-state index contributed by atoms with van der Waals surface area (Å²) >= 11 is 5.46. The summed E-state index contributed by atoms with van der Waals surface area (Å²) < 4.78 is 17.9. The molecule has 0 atom stereocenters. The summed E-state index contributed by atoms with van der Waals surface area (Å²) in [7, 11) is 0. The minimum atomic E-state index is -0.340. The molecular weight excluding hydrogens is 193 g/mol. The fourth-order valence-corrected chi connectivity index (χ4v) is 1.18. The van der Waals surface area contributed by atoms with Crippen molar-refractivity contribution in [2.24, 2.45) is 0 Å². The lowest BCUT2D eigenvalue weighted by Gasteiger charge is -1.95. The van der Waals surface area contributed by atoms with E-state index >= 15 is 0 Å². The molecular formula is C9H5ClFNO. The predicted octanol–water partition coefficient (Wildman–Crippen LogP) is 3.13. The molecule has 0 bridgehead atoms. The molecule has 4 heteroatoms. The first-order valence-corrected chi connectivity index (χ1v) is 4.01. The number of aromatic nitrogens is 1. The summed E-state index contributed by atoms with van der Waals surface area (Å²) in [6.45, 7) is 0. The smallest absolute Gasteiger partial charge is 0.292 e. The molecule has 0 N–H and O–H groups in total. The summed E-state index contributed by atoms with van der Waals surface area (Å²) in [6, 6.07) is 6.31. The summed E-state index contributed by atoms with van der Waals surface area (Å²) in [5.41, 5.74) is 0.793. The number of rotatable bonds is 1. The highest BCUT2D eigenvalue weighted by molar-refractivity contribution is 6.27. The van der Waals surface area contributed by atoms with Crippen molar-refractivity contribution in [1.82, 2.24) is 4.98 Å². The van der Waals surface area contributed by atoms with Crippen LogP contribution in [-0.4, -0.2) is 4.98 Å². The van der Waals surface area contributed by atoms with E-state index in [0.29, 0.717) is 11.3 Å². The van der Waals surface area contributed by atoms with Crippen LogP contribution in [0.5, 0.6) is 0 Å². The minimum Gasteiger partial charge on any atom is -0.436 e. The lowest BCUT2D eigenvalue weighted by molar-refractivity contribution is 0.560. The van der Waals surface area contributed by atoms with Gasteiger partial charge in [-0.1, -0.05) is 12.1 Å². The van der Waals surface area contributed by atoms with Crippen molar-refractivity contribution in [3.8, 4) is 11.3 Å². The zero-order valence-electron chi connectivity index (χ0n) is 6.50. The Morgan fingerprint density at radius 2 is 2.08 bits per heavy atom. The van der Waals surface area contributed by atoms with E-state index in [1.54, 1.807) is 18.2 Å². The maximum atomic E-state index is 13.2. The van der Waals surface area contributed by atoms with Crippen LogP contribution in [0.1, 0.15) is 0 Å². The van der Waals surface area contributed by atoms with Crippen LogP contribution in [-0.2, 0) is 0 Å². The van der Waals surface area contributed by atoms with Crippen molar-refractivity contribution < 1.29 is 8.81 Å². The zero-order chi connectivity index (χ0) is 9.26. The third kappa shape index (κ3) is 1.55. The Balaban J connectivity index is 2.52. The predicted molar refractivity (Wildman–Crippen MR) is 46.9 cm³/mol. The average molecular weight is 198 g/mol. The first-order chi connectivity index (χ1) is 6.27. The fraction of sp³-hybridized carbons (Fsp3) is 0. The van der Waals surface area contributed by atoms with Crippen LogP contribution < -0.4 is 0 Å². The number of nitrogens with zero attached hydrogens (tertiary/aromatic N) is 1. The van der Waals surface area contributed by atoms with Gasteiger partial charge in [0.2, 0.25) is 0 Å². The Bertz CT molecular complexity index is 427. The normalized spacial score (nSPS) is 10.3. The molecule has 66 valence electrons. The zero-order valence-corrected chi connectivity index (χ0v) is 7.25. The van der Waals surface area contributed by atoms with E-state index < -0.39 is 0 Å². The average Bonchev–Trinajstić information content (AvgIpc) is 2.53. The summed E-state index contributed by atoms with van der Waals surface area (Å²) in [5.74, 6) is -0.340. The molecule has 0 fully saturated rings.